The lowest BCUT2D eigenvalue weighted by atomic mass is 9.88. The lowest BCUT2D eigenvalue weighted by molar-refractivity contribution is 0.494. The van der Waals surface area contributed by atoms with E-state index in [4.69, 9.17) is 0 Å². The minimum absolute atomic E-state index is 0.0820. The summed E-state index contributed by atoms with van der Waals surface area (Å²) in [4.78, 5) is 0. The van der Waals surface area contributed by atoms with E-state index in [0.717, 1.165) is 24.8 Å². The zero-order valence-electron chi connectivity index (χ0n) is 13.1. The first kappa shape index (κ1) is 16.5. The van der Waals surface area contributed by atoms with Crippen LogP contribution in [0.1, 0.15) is 50.8 Å². The van der Waals surface area contributed by atoms with Gasteiger partial charge in [-0.25, -0.2) is 13.1 Å². The summed E-state index contributed by atoms with van der Waals surface area (Å²) in [6.45, 7) is 6.27. The van der Waals surface area contributed by atoms with Gasteiger partial charge >= 0.3 is 0 Å². The molecular formula is C16H26N2O2S. The van der Waals surface area contributed by atoms with Crippen molar-refractivity contribution in [1.82, 2.24) is 10.0 Å². The second kappa shape index (κ2) is 6.90. The summed E-state index contributed by atoms with van der Waals surface area (Å²) in [5.74, 6) is 0. The molecule has 4 nitrogen and oxygen atoms in total. The van der Waals surface area contributed by atoms with Gasteiger partial charge in [-0.1, -0.05) is 38.1 Å². The number of hydrogen-bond acceptors (Lipinski definition) is 3. The molecule has 5 heteroatoms. The number of aryl methyl sites for hydroxylation is 1. The van der Waals surface area contributed by atoms with Crippen LogP contribution in [0.15, 0.2) is 24.3 Å². The van der Waals surface area contributed by atoms with Crippen molar-refractivity contribution in [2.24, 2.45) is 0 Å². The molecule has 0 aromatic heterocycles. The maximum Gasteiger partial charge on any atom is 0.216 e. The molecule has 0 aliphatic heterocycles. The number of sulfonamides is 1. The Balaban J connectivity index is 2.07. The maximum atomic E-state index is 12.5. The molecule has 2 rings (SSSR count). The minimum Gasteiger partial charge on any atom is -0.313 e. The van der Waals surface area contributed by atoms with Crippen molar-refractivity contribution in [3.63, 3.8) is 0 Å². The van der Waals surface area contributed by atoms with Crippen molar-refractivity contribution in [3.05, 3.63) is 35.4 Å². The van der Waals surface area contributed by atoms with Gasteiger partial charge in [0.2, 0.25) is 10.0 Å². The van der Waals surface area contributed by atoms with Gasteiger partial charge < -0.3 is 5.32 Å². The molecule has 0 saturated heterocycles. The summed E-state index contributed by atoms with van der Waals surface area (Å²) < 4.78 is 27.8. The molecular weight excluding hydrogens is 284 g/mol. The second-order valence-corrected chi connectivity index (χ2v) is 8.31. The molecule has 0 saturated carbocycles. The quantitative estimate of drug-likeness (QED) is 0.848. The third-order valence-corrected chi connectivity index (χ3v) is 5.86. The van der Waals surface area contributed by atoms with E-state index in [1.165, 1.54) is 5.56 Å². The first-order chi connectivity index (χ1) is 9.90. The summed E-state index contributed by atoms with van der Waals surface area (Å²) >= 11 is 0. The molecule has 1 aromatic carbocycles. The zero-order chi connectivity index (χ0) is 15.5. The van der Waals surface area contributed by atoms with Crippen LogP contribution in [0, 0.1) is 0 Å². The average Bonchev–Trinajstić information content (AvgIpc) is 2.44. The lowest BCUT2D eigenvalue weighted by Gasteiger charge is -2.27. The summed E-state index contributed by atoms with van der Waals surface area (Å²) in [5.41, 5.74) is 2.40. The summed E-state index contributed by atoms with van der Waals surface area (Å²) in [6, 6.07) is 8.35. The highest BCUT2D eigenvalue weighted by molar-refractivity contribution is 7.90. The van der Waals surface area contributed by atoms with Crippen LogP contribution < -0.4 is 10.0 Å². The molecule has 2 atom stereocenters. The third-order valence-electron chi connectivity index (χ3n) is 4.02. The van der Waals surface area contributed by atoms with E-state index < -0.39 is 15.3 Å². The smallest absolute Gasteiger partial charge is 0.216 e. The molecule has 2 unspecified atom stereocenters. The van der Waals surface area contributed by atoms with E-state index in [1.54, 1.807) is 6.92 Å². The Kier molecular flexibility index (Phi) is 5.41. The number of nitrogens with one attached hydrogen (secondary N) is 2. The van der Waals surface area contributed by atoms with Crippen LogP contribution in [-0.4, -0.2) is 26.3 Å². The molecule has 1 aliphatic rings. The Morgan fingerprint density at radius 3 is 2.67 bits per heavy atom. The van der Waals surface area contributed by atoms with Crippen LogP contribution in [0.5, 0.6) is 0 Å². The minimum atomic E-state index is -3.31. The molecule has 1 aliphatic carbocycles. The standard InChI is InChI=1S/C16H26N2O2S/c1-12(2)17-11-13(3)21(19,20)18-16-10-6-8-14-7-4-5-9-15(14)16/h4-5,7,9,12-13,16-18H,6,8,10-11H2,1-3H3. The fourth-order valence-corrected chi connectivity index (χ4v) is 3.89. The highest BCUT2D eigenvalue weighted by Gasteiger charge is 2.28. The van der Waals surface area contributed by atoms with E-state index in [2.05, 4.69) is 16.1 Å². The summed E-state index contributed by atoms with van der Waals surface area (Å²) in [6.07, 6.45) is 2.95. The second-order valence-electron chi connectivity index (χ2n) is 6.18. The SMILES string of the molecule is CC(C)NCC(C)S(=O)(=O)NC1CCCc2ccccc21. The topological polar surface area (TPSA) is 58.2 Å². The van der Waals surface area contributed by atoms with E-state index in [1.807, 2.05) is 32.0 Å². The van der Waals surface area contributed by atoms with Crippen molar-refractivity contribution in [1.29, 1.82) is 0 Å². The van der Waals surface area contributed by atoms with Gasteiger partial charge in [0.05, 0.1) is 5.25 Å². The first-order valence-electron chi connectivity index (χ1n) is 7.72. The summed E-state index contributed by atoms with van der Waals surface area (Å²) in [7, 11) is -3.31. The van der Waals surface area contributed by atoms with Gasteiger partial charge in [-0.2, -0.15) is 0 Å². The highest BCUT2D eigenvalue weighted by Crippen LogP contribution is 2.30. The molecule has 0 radical (unpaired) electrons. The van der Waals surface area contributed by atoms with E-state index in [0.29, 0.717) is 6.54 Å². The van der Waals surface area contributed by atoms with Gasteiger partial charge in [0.1, 0.15) is 0 Å². The van der Waals surface area contributed by atoms with Crippen LogP contribution in [0.2, 0.25) is 0 Å². The van der Waals surface area contributed by atoms with Crippen molar-refractivity contribution in [2.75, 3.05) is 6.54 Å². The molecule has 21 heavy (non-hydrogen) atoms. The molecule has 0 bridgehead atoms. The average molecular weight is 310 g/mol. The monoisotopic (exact) mass is 310 g/mol. The van der Waals surface area contributed by atoms with Gasteiger partial charge in [-0.15, -0.1) is 0 Å². The van der Waals surface area contributed by atoms with Gasteiger partial charge in [-0.3, -0.25) is 0 Å². The molecule has 0 heterocycles. The molecule has 0 fully saturated rings. The molecule has 2 N–H and O–H groups in total. The first-order valence-corrected chi connectivity index (χ1v) is 9.27. The van der Waals surface area contributed by atoms with Crippen LogP contribution in [0.3, 0.4) is 0 Å². The Labute approximate surface area is 128 Å². The normalized spacial score (nSPS) is 20.3. The Morgan fingerprint density at radius 1 is 1.24 bits per heavy atom. The van der Waals surface area contributed by atoms with Gasteiger partial charge in [0.25, 0.3) is 0 Å². The Morgan fingerprint density at radius 2 is 1.95 bits per heavy atom. The van der Waals surface area contributed by atoms with E-state index in [9.17, 15) is 8.42 Å². The molecule has 118 valence electrons. The van der Waals surface area contributed by atoms with E-state index >= 15 is 0 Å². The number of hydrogen-bond donors (Lipinski definition) is 2. The van der Waals surface area contributed by atoms with Crippen molar-refractivity contribution in [2.45, 2.75) is 57.4 Å². The summed E-state index contributed by atoms with van der Waals surface area (Å²) in [5, 5.41) is 2.75. The number of fused-ring (bicyclic) bond motifs is 1. The van der Waals surface area contributed by atoms with Gasteiger partial charge in [0.15, 0.2) is 0 Å². The predicted octanol–water partition coefficient (Wildman–Crippen LogP) is 2.37. The van der Waals surface area contributed by atoms with Gasteiger partial charge in [-0.05, 0) is 37.3 Å². The van der Waals surface area contributed by atoms with E-state index in [-0.39, 0.29) is 12.1 Å². The van der Waals surface area contributed by atoms with Crippen molar-refractivity contribution in [3.8, 4) is 0 Å². The zero-order valence-corrected chi connectivity index (χ0v) is 13.9. The number of benzene rings is 1. The molecule has 0 amide bonds. The maximum absolute atomic E-state index is 12.5. The highest BCUT2D eigenvalue weighted by atomic mass is 32.2. The van der Waals surface area contributed by atoms with Crippen LogP contribution in [0.25, 0.3) is 0 Å². The van der Waals surface area contributed by atoms with Crippen molar-refractivity contribution >= 4 is 10.0 Å². The Bertz CT molecular complexity index is 569. The molecule has 1 aromatic rings. The lowest BCUT2D eigenvalue weighted by Crippen LogP contribution is -2.42. The Hall–Kier alpha value is -0.910. The van der Waals surface area contributed by atoms with Crippen molar-refractivity contribution < 1.29 is 8.42 Å². The van der Waals surface area contributed by atoms with Gasteiger partial charge in [0, 0.05) is 18.6 Å². The third kappa shape index (κ3) is 4.28. The molecule has 0 spiro atoms. The van der Waals surface area contributed by atoms with Crippen LogP contribution >= 0.6 is 0 Å². The van der Waals surface area contributed by atoms with Crippen LogP contribution in [0.4, 0.5) is 0 Å². The number of rotatable bonds is 6. The van der Waals surface area contributed by atoms with Crippen LogP contribution in [-0.2, 0) is 16.4 Å². The fourth-order valence-electron chi connectivity index (χ4n) is 2.70. The predicted molar refractivity (Wildman–Crippen MR) is 86.8 cm³/mol. The fraction of sp³-hybridized carbons (Fsp3) is 0.625. The largest absolute Gasteiger partial charge is 0.313 e.